The SMILES string of the molecule is COC(=O)N1CCN(c2ncnc3c2nc(-c2ccccc2Cl)n3-c2ccc(Cl)cc2)CC1. The number of fused-ring (bicyclic) bond motifs is 1. The molecular formula is C23H20Cl2N6O2. The number of imidazole rings is 1. The van der Waals surface area contributed by atoms with E-state index in [-0.39, 0.29) is 6.09 Å². The summed E-state index contributed by atoms with van der Waals surface area (Å²) in [5.41, 5.74) is 2.96. The average Bonchev–Trinajstić information content (AvgIpc) is 3.24. The number of amides is 1. The number of anilines is 1. The minimum Gasteiger partial charge on any atom is -0.453 e. The van der Waals surface area contributed by atoms with E-state index in [4.69, 9.17) is 32.9 Å². The number of hydrogen-bond acceptors (Lipinski definition) is 6. The lowest BCUT2D eigenvalue weighted by atomic mass is 10.2. The molecule has 0 aliphatic carbocycles. The summed E-state index contributed by atoms with van der Waals surface area (Å²) in [4.78, 5) is 29.7. The lowest BCUT2D eigenvalue weighted by Crippen LogP contribution is -2.49. The van der Waals surface area contributed by atoms with Gasteiger partial charge in [-0.1, -0.05) is 35.3 Å². The number of halogens is 2. The number of benzene rings is 2. The van der Waals surface area contributed by atoms with Crippen molar-refractivity contribution in [2.24, 2.45) is 0 Å². The molecule has 0 radical (unpaired) electrons. The molecule has 1 fully saturated rings. The van der Waals surface area contributed by atoms with Gasteiger partial charge in [0.1, 0.15) is 12.2 Å². The molecule has 0 N–H and O–H groups in total. The number of carbonyl (C=O) groups is 1. The quantitative estimate of drug-likeness (QED) is 0.421. The smallest absolute Gasteiger partial charge is 0.409 e. The van der Waals surface area contributed by atoms with Crippen molar-refractivity contribution in [2.75, 3.05) is 38.2 Å². The largest absolute Gasteiger partial charge is 0.453 e. The number of hydrogen-bond donors (Lipinski definition) is 0. The third-order valence-corrected chi connectivity index (χ3v) is 6.22. The van der Waals surface area contributed by atoms with Crippen LogP contribution in [-0.2, 0) is 4.74 Å². The van der Waals surface area contributed by atoms with Gasteiger partial charge >= 0.3 is 6.09 Å². The van der Waals surface area contributed by atoms with Crippen LogP contribution in [0.4, 0.5) is 10.6 Å². The van der Waals surface area contributed by atoms with Crippen molar-refractivity contribution in [1.82, 2.24) is 24.4 Å². The van der Waals surface area contributed by atoms with E-state index in [0.717, 1.165) is 11.3 Å². The number of aromatic nitrogens is 4. The van der Waals surface area contributed by atoms with Gasteiger partial charge in [0.2, 0.25) is 0 Å². The van der Waals surface area contributed by atoms with Crippen LogP contribution in [0.5, 0.6) is 0 Å². The molecule has 2 aromatic carbocycles. The first-order valence-electron chi connectivity index (χ1n) is 10.4. The fraction of sp³-hybridized carbons (Fsp3) is 0.217. The van der Waals surface area contributed by atoms with Gasteiger partial charge in [-0.15, -0.1) is 0 Å². The summed E-state index contributed by atoms with van der Waals surface area (Å²) in [5, 5.41) is 1.23. The molecule has 168 valence electrons. The number of carbonyl (C=O) groups excluding carboxylic acids is 1. The first-order chi connectivity index (χ1) is 16.1. The van der Waals surface area contributed by atoms with Gasteiger partial charge in [-0.2, -0.15) is 0 Å². The van der Waals surface area contributed by atoms with Gasteiger partial charge in [-0.3, -0.25) is 4.57 Å². The zero-order valence-corrected chi connectivity index (χ0v) is 19.3. The van der Waals surface area contributed by atoms with E-state index in [1.54, 1.807) is 4.90 Å². The van der Waals surface area contributed by atoms with Crippen LogP contribution in [0.3, 0.4) is 0 Å². The molecule has 4 aromatic rings. The first kappa shape index (κ1) is 21.5. The minimum atomic E-state index is -0.324. The topological polar surface area (TPSA) is 76.4 Å². The van der Waals surface area contributed by atoms with Gasteiger partial charge in [-0.05, 0) is 36.4 Å². The maximum Gasteiger partial charge on any atom is 0.409 e. The molecule has 1 amide bonds. The molecule has 5 rings (SSSR count). The second-order valence-corrected chi connectivity index (χ2v) is 8.38. The second kappa shape index (κ2) is 8.88. The van der Waals surface area contributed by atoms with E-state index in [1.807, 2.05) is 53.1 Å². The Bertz CT molecular complexity index is 1320. The Labute approximate surface area is 200 Å². The normalized spacial score (nSPS) is 14.0. The van der Waals surface area contributed by atoms with Crippen molar-refractivity contribution in [3.63, 3.8) is 0 Å². The van der Waals surface area contributed by atoms with E-state index in [9.17, 15) is 4.79 Å². The number of nitrogens with zero attached hydrogens (tertiary/aromatic N) is 6. The summed E-state index contributed by atoms with van der Waals surface area (Å²) in [6.07, 6.45) is 1.21. The number of methoxy groups -OCH3 is 1. The summed E-state index contributed by atoms with van der Waals surface area (Å²) in [6, 6.07) is 15.1. The van der Waals surface area contributed by atoms with E-state index >= 15 is 0 Å². The van der Waals surface area contributed by atoms with Gasteiger partial charge in [0.05, 0.1) is 12.1 Å². The van der Waals surface area contributed by atoms with E-state index < -0.39 is 0 Å². The van der Waals surface area contributed by atoms with Crippen LogP contribution in [0.1, 0.15) is 0 Å². The summed E-state index contributed by atoms with van der Waals surface area (Å²) in [5.74, 6) is 1.37. The van der Waals surface area contributed by atoms with Crippen LogP contribution in [-0.4, -0.2) is 63.8 Å². The van der Waals surface area contributed by atoms with Crippen molar-refractivity contribution < 1.29 is 9.53 Å². The predicted molar refractivity (Wildman–Crippen MR) is 128 cm³/mol. The summed E-state index contributed by atoms with van der Waals surface area (Å²) < 4.78 is 6.80. The highest BCUT2D eigenvalue weighted by Gasteiger charge is 2.26. The van der Waals surface area contributed by atoms with Crippen LogP contribution in [0, 0.1) is 0 Å². The predicted octanol–water partition coefficient (Wildman–Crippen LogP) is 4.68. The third kappa shape index (κ3) is 3.96. The summed E-state index contributed by atoms with van der Waals surface area (Å²) in [6.45, 7) is 2.29. The van der Waals surface area contributed by atoms with E-state index in [2.05, 4.69) is 14.9 Å². The molecule has 0 atom stereocenters. The van der Waals surface area contributed by atoms with Crippen LogP contribution >= 0.6 is 23.2 Å². The molecule has 3 heterocycles. The van der Waals surface area contributed by atoms with Gasteiger partial charge in [0.15, 0.2) is 17.0 Å². The Balaban J connectivity index is 1.64. The van der Waals surface area contributed by atoms with Gasteiger partial charge in [0, 0.05) is 42.5 Å². The molecule has 0 unspecified atom stereocenters. The third-order valence-electron chi connectivity index (χ3n) is 5.64. The Kier molecular flexibility index (Phi) is 5.78. The molecule has 1 aliphatic rings. The fourth-order valence-electron chi connectivity index (χ4n) is 4.00. The van der Waals surface area contributed by atoms with Crippen LogP contribution in [0.2, 0.25) is 10.0 Å². The maximum atomic E-state index is 11.9. The van der Waals surface area contributed by atoms with Crippen LogP contribution in [0.25, 0.3) is 28.2 Å². The first-order valence-corrected chi connectivity index (χ1v) is 11.1. The number of ether oxygens (including phenoxy) is 1. The molecule has 8 nitrogen and oxygen atoms in total. The van der Waals surface area contributed by atoms with Crippen LogP contribution < -0.4 is 4.90 Å². The monoisotopic (exact) mass is 482 g/mol. The fourth-order valence-corrected chi connectivity index (χ4v) is 4.35. The lowest BCUT2D eigenvalue weighted by molar-refractivity contribution is 0.121. The van der Waals surface area contributed by atoms with Gasteiger partial charge in [-0.25, -0.2) is 19.7 Å². The Morgan fingerprint density at radius 3 is 2.39 bits per heavy atom. The Morgan fingerprint density at radius 1 is 0.970 bits per heavy atom. The van der Waals surface area contributed by atoms with Crippen molar-refractivity contribution >= 4 is 46.3 Å². The molecule has 0 saturated carbocycles. The molecule has 0 bridgehead atoms. The average molecular weight is 483 g/mol. The van der Waals surface area contributed by atoms with Gasteiger partial charge in [0.25, 0.3) is 0 Å². The second-order valence-electron chi connectivity index (χ2n) is 7.54. The summed E-state index contributed by atoms with van der Waals surface area (Å²) >= 11 is 12.7. The highest BCUT2D eigenvalue weighted by molar-refractivity contribution is 6.33. The van der Waals surface area contributed by atoms with Crippen molar-refractivity contribution in [1.29, 1.82) is 0 Å². The Morgan fingerprint density at radius 2 is 1.70 bits per heavy atom. The number of rotatable bonds is 3. The summed E-state index contributed by atoms with van der Waals surface area (Å²) in [7, 11) is 1.39. The molecule has 2 aromatic heterocycles. The highest BCUT2D eigenvalue weighted by atomic mass is 35.5. The van der Waals surface area contributed by atoms with Crippen molar-refractivity contribution in [2.45, 2.75) is 0 Å². The maximum absolute atomic E-state index is 11.9. The lowest BCUT2D eigenvalue weighted by Gasteiger charge is -2.34. The minimum absolute atomic E-state index is 0.324. The highest BCUT2D eigenvalue weighted by Crippen LogP contribution is 2.34. The van der Waals surface area contributed by atoms with E-state index in [0.29, 0.717) is 59.0 Å². The van der Waals surface area contributed by atoms with E-state index in [1.165, 1.54) is 13.4 Å². The molecule has 10 heteroatoms. The number of piperazine rings is 1. The standard InChI is InChI=1S/C23H20Cl2N6O2/c1-33-23(32)30-12-10-29(11-13-30)21-19-22(27-14-26-21)31(16-8-6-15(24)7-9-16)20(28-19)17-4-2-3-5-18(17)25/h2-9,14H,10-13H2,1H3. The zero-order chi connectivity index (χ0) is 22.9. The molecule has 1 aliphatic heterocycles. The molecule has 0 spiro atoms. The van der Waals surface area contributed by atoms with Gasteiger partial charge < -0.3 is 14.5 Å². The molecule has 1 saturated heterocycles. The Hall–Kier alpha value is -3.36. The molecular weight excluding hydrogens is 463 g/mol. The van der Waals surface area contributed by atoms with Crippen molar-refractivity contribution in [3.8, 4) is 17.1 Å². The van der Waals surface area contributed by atoms with Crippen LogP contribution in [0.15, 0.2) is 54.9 Å². The van der Waals surface area contributed by atoms with Crippen molar-refractivity contribution in [3.05, 3.63) is 64.9 Å². The molecule has 33 heavy (non-hydrogen) atoms. The zero-order valence-electron chi connectivity index (χ0n) is 17.8.